The first-order valence-electron chi connectivity index (χ1n) is 17.4. The van der Waals surface area contributed by atoms with E-state index >= 15 is 0 Å². The van der Waals surface area contributed by atoms with E-state index < -0.39 is 16.9 Å². The lowest BCUT2D eigenvalue weighted by Crippen LogP contribution is -2.47. The molecule has 1 atom stereocenters. The number of methoxy groups -OCH3 is 1. The highest BCUT2D eigenvalue weighted by Crippen LogP contribution is 2.36. The summed E-state index contributed by atoms with van der Waals surface area (Å²) >= 11 is 0. The van der Waals surface area contributed by atoms with Gasteiger partial charge in [0.05, 0.1) is 30.7 Å². The maximum Gasteiger partial charge on any atom is 0.286 e. The third kappa shape index (κ3) is 7.34. The SMILES string of the molecule is COc1cc(C(=O)N2CCC[C@H]2C=O)c([N+](=O)[O-])cc1OCCCCN1CCN(CCCCN2C(=O)c3cccc4cccc(c34)C2=O)CC1. The van der Waals surface area contributed by atoms with Crippen molar-refractivity contribution >= 4 is 40.5 Å². The van der Waals surface area contributed by atoms with Crippen LogP contribution in [0.1, 0.15) is 69.6 Å². The fourth-order valence-corrected chi connectivity index (χ4v) is 7.23. The summed E-state index contributed by atoms with van der Waals surface area (Å²) in [6.45, 7) is 6.73. The van der Waals surface area contributed by atoms with Crippen LogP contribution in [0.5, 0.6) is 11.5 Å². The molecule has 13 nitrogen and oxygen atoms in total. The first-order valence-corrected chi connectivity index (χ1v) is 17.4. The summed E-state index contributed by atoms with van der Waals surface area (Å²) in [4.78, 5) is 69.7. The van der Waals surface area contributed by atoms with Crippen LogP contribution in [0, 0.1) is 10.1 Å². The van der Waals surface area contributed by atoms with E-state index in [1.807, 2.05) is 24.3 Å². The van der Waals surface area contributed by atoms with Gasteiger partial charge in [-0.25, -0.2) is 0 Å². The molecule has 0 unspecified atom stereocenters. The highest BCUT2D eigenvalue weighted by molar-refractivity contribution is 6.25. The number of nitro benzene ring substituents is 1. The van der Waals surface area contributed by atoms with Crippen molar-refractivity contribution in [3.05, 3.63) is 75.3 Å². The second-order valence-corrected chi connectivity index (χ2v) is 13.0. The summed E-state index contributed by atoms with van der Waals surface area (Å²) in [6.07, 6.45) is 5.18. The normalized spacial score (nSPS) is 18.1. The first-order chi connectivity index (χ1) is 24.3. The molecule has 3 aromatic rings. The highest BCUT2D eigenvalue weighted by Gasteiger charge is 2.35. The van der Waals surface area contributed by atoms with Crippen LogP contribution in [0.25, 0.3) is 10.8 Å². The van der Waals surface area contributed by atoms with E-state index in [9.17, 15) is 29.3 Å². The number of imide groups is 1. The summed E-state index contributed by atoms with van der Waals surface area (Å²) in [6, 6.07) is 13.2. The van der Waals surface area contributed by atoms with Crippen LogP contribution >= 0.6 is 0 Å². The van der Waals surface area contributed by atoms with Gasteiger partial charge in [0.1, 0.15) is 11.8 Å². The van der Waals surface area contributed by atoms with Gasteiger partial charge in [0.15, 0.2) is 11.5 Å². The summed E-state index contributed by atoms with van der Waals surface area (Å²) in [7, 11) is 1.42. The lowest BCUT2D eigenvalue weighted by Gasteiger charge is -2.35. The van der Waals surface area contributed by atoms with Gasteiger partial charge in [-0.3, -0.25) is 29.4 Å². The van der Waals surface area contributed by atoms with Crippen LogP contribution in [0.2, 0.25) is 0 Å². The number of ether oxygens (including phenoxy) is 2. The van der Waals surface area contributed by atoms with Gasteiger partial charge in [0.25, 0.3) is 23.4 Å². The van der Waals surface area contributed by atoms with Gasteiger partial charge in [0.2, 0.25) is 0 Å². The number of benzene rings is 3. The minimum atomic E-state index is -0.610. The fraction of sp³-hybridized carbons (Fsp3) is 0.459. The summed E-state index contributed by atoms with van der Waals surface area (Å²) in [5.74, 6) is -0.555. The lowest BCUT2D eigenvalue weighted by atomic mass is 9.94. The Balaban J connectivity index is 0.902. The molecule has 0 saturated carbocycles. The zero-order chi connectivity index (χ0) is 35.2. The van der Waals surface area contributed by atoms with Crippen LogP contribution < -0.4 is 9.47 Å². The number of piperazine rings is 1. The first kappa shape index (κ1) is 35.0. The number of carbonyl (C=O) groups is 4. The quantitative estimate of drug-likeness (QED) is 0.0742. The number of hydrogen-bond acceptors (Lipinski definition) is 10. The Hall–Kier alpha value is -4.88. The maximum atomic E-state index is 13.1. The van der Waals surface area contributed by atoms with Gasteiger partial charge in [-0.1, -0.05) is 24.3 Å². The van der Waals surface area contributed by atoms with Crippen LogP contribution in [0.4, 0.5) is 5.69 Å². The number of aldehydes is 1. The molecule has 0 bridgehead atoms. The van der Waals surface area contributed by atoms with Gasteiger partial charge in [0, 0.05) is 61.8 Å². The predicted molar refractivity (Wildman–Crippen MR) is 186 cm³/mol. The van der Waals surface area contributed by atoms with E-state index in [4.69, 9.17) is 9.47 Å². The Labute approximate surface area is 290 Å². The number of unbranched alkanes of at least 4 members (excludes halogenated alkanes) is 2. The number of rotatable bonds is 15. The number of nitrogens with zero attached hydrogens (tertiary/aromatic N) is 5. The predicted octanol–water partition coefficient (Wildman–Crippen LogP) is 4.41. The molecule has 0 N–H and O–H groups in total. The second kappa shape index (κ2) is 15.8. The van der Waals surface area contributed by atoms with E-state index in [1.165, 1.54) is 29.0 Å². The largest absolute Gasteiger partial charge is 0.493 e. The molecule has 0 spiro atoms. The molecular formula is C37H43N5O8. The van der Waals surface area contributed by atoms with Crippen molar-refractivity contribution in [2.24, 2.45) is 0 Å². The van der Waals surface area contributed by atoms with Crippen LogP contribution in [0.3, 0.4) is 0 Å². The van der Waals surface area contributed by atoms with Crippen molar-refractivity contribution < 1.29 is 33.6 Å². The second-order valence-electron chi connectivity index (χ2n) is 13.0. The van der Waals surface area contributed by atoms with Crippen molar-refractivity contribution in [1.29, 1.82) is 0 Å². The van der Waals surface area contributed by atoms with Gasteiger partial charge >= 0.3 is 0 Å². The van der Waals surface area contributed by atoms with Crippen molar-refractivity contribution in [3.8, 4) is 11.5 Å². The van der Waals surface area contributed by atoms with Gasteiger partial charge in [-0.2, -0.15) is 0 Å². The topological polar surface area (TPSA) is 143 Å². The molecule has 50 heavy (non-hydrogen) atoms. The molecule has 13 heteroatoms. The molecular weight excluding hydrogens is 642 g/mol. The molecule has 2 fully saturated rings. The summed E-state index contributed by atoms with van der Waals surface area (Å²) in [5, 5.41) is 13.5. The Morgan fingerprint density at radius 2 is 1.50 bits per heavy atom. The van der Waals surface area contributed by atoms with E-state index in [1.54, 1.807) is 12.1 Å². The van der Waals surface area contributed by atoms with E-state index in [0.29, 0.717) is 50.0 Å². The Bertz CT molecular complexity index is 1720. The van der Waals surface area contributed by atoms with Gasteiger partial charge in [-0.15, -0.1) is 0 Å². The minimum Gasteiger partial charge on any atom is -0.493 e. The Morgan fingerprint density at radius 1 is 0.880 bits per heavy atom. The van der Waals surface area contributed by atoms with Crippen molar-refractivity contribution in [2.45, 2.75) is 44.6 Å². The zero-order valence-corrected chi connectivity index (χ0v) is 28.4. The Kier molecular flexibility index (Phi) is 11.0. The number of carbonyl (C=O) groups excluding carboxylic acids is 4. The summed E-state index contributed by atoms with van der Waals surface area (Å²) < 4.78 is 11.3. The molecule has 6 rings (SSSR count). The molecule has 3 amide bonds. The number of hydrogen-bond donors (Lipinski definition) is 0. The van der Waals surface area contributed by atoms with Crippen LogP contribution in [-0.2, 0) is 4.79 Å². The van der Waals surface area contributed by atoms with Crippen LogP contribution in [0.15, 0.2) is 48.5 Å². The molecule has 0 radical (unpaired) electrons. The molecule has 3 aromatic carbocycles. The van der Waals surface area contributed by atoms with Crippen molar-refractivity contribution in [3.63, 3.8) is 0 Å². The van der Waals surface area contributed by atoms with E-state index in [2.05, 4.69) is 9.80 Å². The number of amides is 3. The highest BCUT2D eigenvalue weighted by atomic mass is 16.6. The Morgan fingerprint density at radius 3 is 2.10 bits per heavy atom. The zero-order valence-electron chi connectivity index (χ0n) is 28.4. The molecule has 0 aliphatic carbocycles. The lowest BCUT2D eigenvalue weighted by molar-refractivity contribution is -0.385. The molecule has 3 aliphatic rings. The third-order valence-electron chi connectivity index (χ3n) is 9.98. The standard InChI is InChI=1S/C37H43N5O8/c1-49-32-23-30(37(46)40-17-8-11-27(40)25-43)31(42(47)48)24-33(32)50-22-5-4-15-39-20-18-38(19-21-39)14-2-3-16-41-35(44)28-12-6-9-26-10-7-13-29(34(26)28)36(41)45/h6-7,9-10,12-13,23-25,27H,2-5,8,11,14-22H2,1H3/t27-/m0/s1. The molecule has 2 saturated heterocycles. The van der Waals surface area contributed by atoms with E-state index in [-0.39, 0.29) is 34.6 Å². The monoisotopic (exact) mass is 685 g/mol. The number of likely N-dealkylation sites (tertiary alicyclic amines) is 1. The minimum absolute atomic E-state index is 0.122. The van der Waals surface area contributed by atoms with Gasteiger partial charge in [-0.05, 0) is 69.1 Å². The molecule has 0 aromatic heterocycles. The van der Waals surface area contributed by atoms with Crippen molar-refractivity contribution in [2.75, 3.05) is 66.1 Å². The summed E-state index contributed by atoms with van der Waals surface area (Å²) in [5.41, 5.74) is 0.694. The van der Waals surface area contributed by atoms with E-state index in [0.717, 1.165) is 75.7 Å². The molecule has 3 heterocycles. The molecule has 264 valence electrons. The average molecular weight is 686 g/mol. The maximum absolute atomic E-state index is 13.1. The smallest absolute Gasteiger partial charge is 0.286 e. The third-order valence-corrected chi connectivity index (χ3v) is 9.98. The molecule has 3 aliphatic heterocycles. The van der Waals surface area contributed by atoms with Crippen molar-refractivity contribution in [1.82, 2.24) is 19.6 Å². The van der Waals surface area contributed by atoms with Crippen LogP contribution in [-0.4, -0.2) is 121 Å². The number of nitro groups is 1. The fourth-order valence-electron chi connectivity index (χ4n) is 7.23. The van der Waals surface area contributed by atoms with Gasteiger partial charge < -0.3 is 29.0 Å². The average Bonchev–Trinajstić information content (AvgIpc) is 3.62.